The van der Waals surface area contributed by atoms with Gasteiger partial charge in [-0.15, -0.1) is 0 Å². The van der Waals surface area contributed by atoms with E-state index in [-0.39, 0.29) is 28.4 Å². The second-order valence-electron chi connectivity index (χ2n) is 8.53. The molecule has 1 heterocycles. The van der Waals surface area contributed by atoms with Crippen molar-refractivity contribution in [3.05, 3.63) is 53.3 Å². The zero-order valence-corrected chi connectivity index (χ0v) is 19.6. The summed E-state index contributed by atoms with van der Waals surface area (Å²) >= 11 is 0. The van der Waals surface area contributed by atoms with Crippen LogP contribution in [0, 0.1) is 18.7 Å². The molecule has 2 aromatic rings. The van der Waals surface area contributed by atoms with Crippen molar-refractivity contribution in [3.63, 3.8) is 0 Å². The number of benzene rings is 2. The lowest BCUT2D eigenvalue weighted by Crippen LogP contribution is -2.47. The van der Waals surface area contributed by atoms with Gasteiger partial charge in [-0.25, -0.2) is 12.8 Å². The molecular formula is C23H28FN3O4S. The van der Waals surface area contributed by atoms with Crippen LogP contribution >= 0.6 is 0 Å². The Morgan fingerprint density at radius 1 is 1.16 bits per heavy atom. The van der Waals surface area contributed by atoms with Crippen LogP contribution in [0.25, 0.3) is 0 Å². The van der Waals surface area contributed by atoms with Crippen molar-refractivity contribution in [2.24, 2.45) is 5.92 Å². The summed E-state index contributed by atoms with van der Waals surface area (Å²) in [7, 11) is -4.02. The first-order valence-corrected chi connectivity index (χ1v) is 11.9. The van der Waals surface area contributed by atoms with Crippen LogP contribution in [0.3, 0.4) is 0 Å². The summed E-state index contributed by atoms with van der Waals surface area (Å²) in [5.41, 5.74) is 2.15. The molecule has 3 rings (SSSR count). The maximum Gasteiger partial charge on any atom is 0.242 e. The lowest BCUT2D eigenvalue weighted by atomic mass is 10.0. The molecule has 172 valence electrons. The average Bonchev–Trinajstić information content (AvgIpc) is 3.03. The van der Waals surface area contributed by atoms with E-state index in [1.54, 1.807) is 43.9 Å². The fraction of sp³-hybridized carbons (Fsp3) is 0.391. The summed E-state index contributed by atoms with van der Waals surface area (Å²) in [6.07, 6.45) is 0.547. The van der Waals surface area contributed by atoms with Crippen LogP contribution in [0.4, 0.5) is 15.8 Å². The van der Waals surface area contributed by atoms with E-state index in [4.69, 9.17) is 0 Å². The van der Waals surface area contributed by atoms with Gasteiger partial charge in [-0.1, -0.05) is 19.9 Å². The van der Waals surface area contributed by atoms with Gasteiger partial charge in [0.25, 0.3) is 0 Å². The average molecular weight is 462 g/mol. The highest BCUT2D eigenvalue weighted by molar-refractivity contribution is 7.89. The normalized spacial score (nSPS) is 16.7. The Kier molecular flexibility index (Phi) is 6.71. The zero-order valence-electron chi connectivity index (χ0n) is 18.8. The van der Waals surface area contributed by atoms with Gasteiger partial charge in [0.05, 0.1) is 4.90 Å². The number of nitrogens with one attached hydrogen (secondary N) is 2. The summed E-state index contributed by atoms with van der Waals surface area (Å²) in [5.74, 6) is -1.50. The lowest BCUT2D eigenvalue weighted by molar-refractivity contribution is -0.118. The smallest absolute Gasteiger partial charge is 0.242 e. The van der Waals surface area contributed by atoms with Crippen LogP contribution in [0.2, 0.25) is 0 Å². The molecule has 2 amide bonds. The standard InChI is InChI=1S/C23H28FN3O4S/c1-13(2)22(23(29)25-18-7-6-14(3)20(24)12-18)26-32(30,31)19-8-9-21-17(11-19)10-15(4)27(21)16(5)28/h6-9,11-13,15,22,26H,10H2,1-5H3,(H,25,29)/t15-,22+/m1/s1. The molecular weight excluding hydrogens is 433 g/mol. The van der Waals surface area contributed by atoms with E-state index in [0.29, 0.717) is 17.7 Å². The van der Waals surface area contributed by atoms with Crippen LogP contribution < -0.4 is 14.9 Å². The molecule has 0 saturated carbocycles. The second-order valence-corrected chi connectivity index (χ2v) is 10.2. The monoisotopic (exact) mass is 461 g/mol. The van der Waals surface area contributed by atoms with Gasteiger partial charge in [0.15, 0.2) is 0 Å². The fourth-order valence-electron chi connectivity index (χ4n) is 3.87. The van der Waals surface area contributed by atoms with Gasteiger partial charge in [-0.3, -0.25) is 9.59 Å². The molecule has 0 aromatic heterocycles. The van der Waals surface area contributed by atoms with Crippen molar-refractivity contribution in [1.82, 2.24) is 4.72 Å². The van der Waals surface area contributed by atoms with E-state index < -0.39 is 27.8 Å². The number of anilines is 2. The van der Waals surface area contributed by atoms with Crippen LogP contribution in [-0.2, 0) is 26.0 Å². The van der Waals surface area contributed by atoms with Crippen molar-refractivity contribution in [2.45, 2.75) is 58.0 Å². The SMILES string of the molecule is CC(=O)N1c2ccc(S(=O)(=O)N[C@H](C(=O)Nc3ccc(C)c(F)c3)C(C)C)cc2C[C@H]1C. The van der Waals surface area contributed by atoms with Gasteiger partial charge < -0.3 is 10.2 Å². The third-order valence-corrected chi connectivity index (χ3v) is 7.03. The summed E-state index contributed by atoms with van der Waals surface area (Å²) in [6.45, 7) is 8.43. The molecule has 2 N–H and O–H groups in total. The predicted octanol–water partition coefficient (Wildman–Crippen LogP) is 3.37. The number of sulfonamides is 1. The Morgan fingerprint density at radius 3 is 2.44 bits per heavy atom. The Labute approximate surface area is 188 Å². The zero-order chi connectivity index (χ0) is 23.8. The van der Waals surface area contributed by atoms with E-state index in [9.17, 15) is 22.4 Å². The Morgan fingerprint density at radius 2 is 1.84 bits per heavy atom. The maximum absolute atomic E-state index is 13.8. The highest BCUT2D eigenvalue weighted by atomic mass is 32.2. The van der Waals surface area contributed by atoms with Crippen molar-refractivity contribution < 1.29 is 22.4 Å². The van der Waals surface area contributed by atoms with E-state index in [1.165, 1.54) is 25.1 Å². The Bertz CT molecular complexity index is 1160. The molecule has 0 spiro atoms. The highest BCUT2D eigenvalue weighted by Gasteiger charge is 2.32. The molecule has 0 bridgehead atoms. The number of fused-ring (bicyclic) bond motifs is 1. The molecule has 9 heteroatoms. The number of carbonyl (C=O) groups excluding carboxylic acids is 2. The Balaban J connectivity index is 1.83. The third kappa shape index (κ3) is 4.83. The summed E-state index contributed by atoms with van der Waals surface area (Å²) in [5, 5.41) is 2.58. The third-order valence-electron chi connectivity index (χ3n) is 5.59. The number of rotatable bonds is 6. The van der Waals surface area contributed by atoms with Crippen LogP contribution in [-0.4, -0.2) is 32.3 Å². The van der Waals surface area contributed by atoms with E-state index >= 15 is 0 Å². The molecule has 2 atom stereocenters. The van der Waals surface area contributed by atoms with Gasteiger partial charge >= 0.3 is 0 Å². The minimum Gasteiger partial charge on any atom is -0.325 e. The molecule has 1 aliphatic heterocycles. The molecule has 0 unspecified atom stereocenters. The molecule has 0 radical (unpaired) electrons. The number of halogens is 1. The van der Waals surface area contributed by atoms with Crippen molar-refractivity contribution >= 4 is 33.2 Å². The van der Waals surface area contributed by atoms with Crippen LogP contribution in [0.5, 0.6) is 0 Å². The molecule has 0 aliphatic carbocycles. The first-order chi connectivity index (χ1) is 14.9. The van der Waals surface area contributed by atoms with Crippen molar-refractivity contribution in [2.75, 3.05) is 10.2 Å². The van der Waals surface area contributed by atoms with Gasteiger partial charge in [0.2, 0.25) is 21.8 Å². The van der Waals surface area contributed by atoms with E-state index in [2.05, 4.69) is 10.0 Å². The van der Waals surface area contributed by atoms with Gasteiger partial charge in [0, 0.05) is 24.3 Å². The summed E-state index contributed by atoms with van der Waals surface area (Å²) in [6, 6.07) is 7.76. The molecule has 7 nitrogen and oxygen atoms in total. The van der Waals surface area contributed by atoms with Crippen molar-refractivity contribution in [3.8, 4) is 0 Å². The quantitative estimate of drug-likeness (QED) is 0.690. The molecule has 2 aromatic carbocycles. The summed E-state index contributed by atoms with van der Waals surface area (Å²) in [4.78, 5) is 26.4. The van der Waals surface area contributed by atoms with Gasteiger partial charge in [-0.2, -0.15) is 4.72 Å². The number of hydrogen-bond acceptors (Lipinski definition) is 4. The number of nitrogens with zero attached hydrogens (tertiary/aromatic N) is 1. The van der Waals surface area contributed by atoms with E-state index in [0.717, 1.165) is 5.56 Å². The van der Waals surface area contributed by atoms with Crippen molar-refractivity contribution in [1.29, 1.82) is 0 Å². The molecule has 0 saturated heterocycles. The maximum atomic E-state index is 13.8. The number of hydrogen-bond donors (Lipinski definition) is 2. The minimum absolute atomic E-state index is 0.0219. The van der Waals surface area contributed by atoms with Crippen LogP contribution in [0.1, 0.15) is 38.8 Å². The fourth-order valence-corrected chi connectivity index (χ4v) is 5.27. The van der Waals surface area contributed by atoms with Gasteiger partial charge in [-0.05, 0) is 67.6 Å². The summed E-state index contributed by atoms with van der Waals surface area (Å²) < 4.78 is 42.4. The molecule has 0 fully saturated rings. The first kappa shape index (κ1) is 23.9. The van der Waals surface area contributed by atoms with Gasteiger partial charge in [0.1, 0.15) is 11.9 Å². The van der Waals surface area contributed by atoms with E-state index in [1.807, 2.05) is 6.92 Å². The molecule has 1 aliphatic rings. The first-order valence-electron chi connectivity index (χ1n) is 10.4. The number of aryl methyl sites for hydroxylation is 1. The largest absolute Gasteiger partial charge is 0.325 e. The lowest BCUT2D eigenvalue weighted by Gasteiger charge is -2.22. The number of carbonyl (C=O) groups is 2. The topological polar surface area (TPSA) is 95.6 Å². The highest BCUT2D eigenvalue weighted by Crippen LogP contribution is 2.34. The Hall–Kier alpha value is -2.78. The minimum atomic E-state index is -4.02. The number of amides is 2. The second kappa shape index (κ2) is 8.99. The molecule has 32 heavy (non-hydrogen) atoms. The predicted molar refractivity (Wildman–Crippen MR) is 121 cm³/mol. The van der Waals surface area contributed by atoms with Crippen LogP contribution in [0.15, 0.2) is 41.3 Å².